The van der Waals surface area contributed by atoms with E-state index in [9.17, 15) is 0 Å². The number of fused-ring (bicyclic) bond motifs is 13. The van der Waals surface area contributed by atoms with Gasteiger partial charge in [0.25, 0.3) is 6.71 Å². The Kier molecular flexibility index (Phi) is 11.0. The third kappa shape index (κ3) is 7.73. The molecule has 0 spiro atoms. The molecule has 2 aliphatic heterocycles. The van der Waals surface area contributed by atoms with Crippen LogP contribution in [0.1, 0.15) is 52.7 Å². The van der Waals surface area contributed by atoms with Gasteiger partial charge in [0.1, 0.15) is 17.3 Å². The van der Waals surface area contributed by atoms with Gasteiger partial charge in [-0.2, -0.15) is 0 Å². The third-order valence-electron chi connectivity index (χ3n) is 18.3. The van der Waals surface area contributed by atoms with Gasteiger partial charge < -0.3 is 14.2 Å². The fraction of sp³-hybridized carbons (Fsp3) is 0.101. The van der Waals surface area contributed by atoms with Gasteiger partial charge in [0.2, 0.25) is 0 Å². The van der Waals surface area contributed by atoms with E-state index in [0.717, 1.165) is 107 Å². The van der Waals surface area contributed by atoms with Gasteiger partial charge in [-0.25, -0.2) is 4.98 Å². The van der Waals surface area contributed by atoms with E-state index in [0.29, 0.717) is 0 Å². The molecule has 15 aromatic rings. The Balaban J connectivity index is 0.984. The molecule has 6 heterocycles. The van der Waals surface area contributed by atoms with Crippen LogP contribution in [0.4, 0.5) is 17.1 Å². The van der Waals surface area contributed by atoms with Gasteiger partial charge in [-0.15, -0.1) is 11.3 Å². The highest BCUT2D eigenvalue weighted by Gasteiger charge is 2.44. The number of anilines is 3. The summed E-state index contributed by atoms with van der Waals surface area (Å²) < 4.78 is 14.8. The fourth-order valence-corrected chi connectivity index (χ4v) is 15.2. The minimum absolute atomic E-state index is 0.110. The van der Waals surface area contributed by atoms with Crippen molar-refractivity contribution < 1.29 is 4.74 Å². The molecule has 0 atom stereocenters. The Bertz CT molecular complexity index is 5200. The minimum Gasteiger partial charge on any atom is -0.458 e. The van der Waals surface area contributed by atoms with E-state index in [2.05, 4.69) is 304 Å². The van der Waals surface area contributed by atoms with Crippen molar-refractivity contribution >= 4 is 115 Å². The summed E-state index contributed by atoms with van der Waals surface area (Å²) in [6.07, 6.45) is 0. The van der Waals surface area contributed by atoms with Gasteiger partial charge in [0.15, 0.2) is 0 Å². The first-order valence-corrected chi connectivity index (χ1v) is 30.8. The lowest BCUT2D eigenvalue weighted by Gasteiger charge is -2.42. The maximum Gasteiger partial charge on any atom is 0.256 e. The predicted molar refractivity (Wildman–Crippen MR) is 365 cm³/mol. The molecule has 410 valence electrons. The van der Waals surface area contributed by atoms with E-state index >= 15 is 0 Å². The largest absolute Gasteiger partial charge is 0.458 e. The Hall–Kier alpha value is -9.95. The number of hydrogen-bond donors (Lipinski definition) is 0. The molecule has 86 heavy (non-hydrogen) atoms. The van der Waals surface area contributed by atoms with Crippen LogP contribution in [0.3, 0.4) is 0 Å². The molecule has 11 aromatic carbocycles. The number of ether oxygens (including phenoxy) is 1. The Morgan fingerprint density at radius 2 is 1.00 bits per heavy atom. The number of thiophene rings is 1. The molecule has 0 saturated heterocycles. The summed E-state index contributed by atoms with van der Waals surface area (Å²) in [4.78, 5) is 8.53. The molecule has 0 aliphatic carbocycles. The second-order valence-electron chi connectivity index (χ2n) is 25.5. The number of benzene rings is 11. The molecule has 0 N–H and O–H groups in total. The minimum atomic E-state index is -0.192. The van der Waals surface area contributed by atoms with Crippen LogP contribution in [0.15, 0.2) is 249 Å². The lowest BCUT2D eigenvalue weighted by Crippen LogP contribution is -2.60. The van der Waals surface area contributed by atoms with Crippen molar-refractivity contribution in [2.45, 2.75) is 52.4 Å². The van der Waals surface area contributed by atoms with Crippen LogP contribution in [0.5, 0.6) is 11.5 Å². The van der Waals surface area contributed by atoms with Gasteiger partial charge in [-0.3, -0.25) is 4.57 Å². The fourth-order valence-electron chi connectivity index (χ4n) is 14.1. The summed E-state index contributed by atoms with van der Waals surface area (Å²) in [6, 6.07) is 92.3. The van der Waals surface area contributed by atoms with Crippen LogP contribution in [0, 0.1) is 0 Å². The first-order chi connectivity index (χ1) is 41.9. The molecule has 0 saturated carbocycles. The molecule has 0 radical (unpaired) electrons. The normalized spacial score (nSPS) is 13.0. The maximum absolute atomic E-state index is 7.33. The van der Waals surface area contributed by atoms with Crippen molar-refractivity contribution in [1.29, 1.82) is 0 Å². The molecule has 17 rings (SSSR count). The van der Waals surface area contributed by atoms with Crippen molar-refractivity contribution in [3.05, 3.63) is 260 Å². The third-order valence-corrected chi connectivity index (χ3v) is 19.4. The van der Waals surface area contributed by atoms with Crippen molar-refractivity contribution in [2.75, 3.05) is 4.90 Å². The number of para-hydroxylation sites is 4. The van der Waals surface area contributed by atoms with E-state index in [1.165, 1.54) is 58.3 Å². The molecule has 0 unspecified atom stereocenters. The van der Waals surface area contributed by atoms with E-state index in [1.807, 2.05) is 11.3 Å². The molecule has 7 heteroatoms. The van der Waals surface area contributed by atoms with Gasteiger partial charge >= 0.3 is 0 Å². The molecule has 2 aliphatic rings. The average molecular weight is 1120 g/mol. The highest BCUT2D eigenvalue weighted by molar-refractivity contribution is 7.25. The van der Waals surface area contributed by atoms with Gasteiger partial charge in [-0.05, 0) is 122 Å². The second-order valence-corrected chi connectivity index (χ2v) is 26.6. The van der Waals surface area contributed by atoms with Crippen molar-refractivity contribution in [2.24, 2.45) is 0 Å². The van der Waals surface area contributed by atoms with Crippen LogP contribution in [0.25, 0.3) is 109 Å². The van der Waals surface area contributed by atoms with Gasteiger partial charge in [-0.1, -0.05) is 217 Å². The summed E-state index contributed by atoms with van der Waals surface area (Å²) in [7, 11) is 0. The smallest absolute Gasteiger partial charge is 0.256 e. The SMILES string of the molecule is CC(C)(C)c1ccc2c(c1)B1c3cc(-c4cc(-n5c6ccccc6c6ccccc65)cc(-n5c6ccccc6c6cc7sc8ccccc8c7cc65)n4)ccc3N(c3c(-c4ccccc4)cccc3-c3ccccc3)c3cc(C(C)(C)C)cc(c31)O2. The number of rotatable bonds is 6. The van der Waals surface area contributed by atoms with E-state index in [4.69, 9.17) is 9.72 Å². The zero-order valence-electron chi connectivity index (χ0n) is 48.9. The van der Waals surface area contributed by atoms with Crippen LogP contribution in [-0.4, -0.2) is 20.8 Å². The van der Waals surface area contributed by atoms with Crippen molar-refractivity contribution in [3.63, 3.8) is 0 Å². The zero-order chi connectivity index (χ0) is 57.7. The van der Waals surface area contributed by atoms with Crippen molar-refractivity contribution in [3.8, 4) is 56.5 Å². The summed E-state index contributed by atoms with van der Waals surface area (Å²) in [5, 5.41) is 7.36. The topological polar surface area (TPSA) is 35.2 Å². The van der Waals surface area contributed by atoms with Crippen molar-refractivity contribution in [1.82, 2.24) is 14.1 Å². The van der Waals surface area contributed by atoms with E-state index in [1.54, 1.807) is 0 Å². The zero-order valence-corrected chi connectivity index (χ0v) is 49.7. The molecule has 0 bridgehead atoms. The molecule has 5 nitrogen and oxygen atoms in total. The predicted octanol–water partition coefficient (Wildman–Crippen LogP) is 19.6. The average Bonchev–Trinajstić information content (AvgIpc) is 2.12. The second kappa shape index (κ2) is 18.8. The molecule has 4 aromatic heterocycles. The summed E-state index contributed by atoms with van der Waals surface area (Å²) in [5.74, 6) is 2.63. The number of pyridine rings is 1. The number of nitrogens with zero attached hydrogens (tertiary/aromatic N) is 4. The Labute approximate surface area is 504 Å². The first-order valence-electron chi connectivity index (χ1n) is 30.0. The quantitative estimate of drug-likeness (QED) is 0.156. The highest BCUT2D eigenvalue weighted by atomic mass is 32.1. The van der Waals surface area contributed by atoms with Gasteiger partial charge in [0, 0.05) is 70.3 Å². The monoisotopic (exact) mass is 1120 g/mol. The van der Waals surface area contributed by atoms with E-state index < -0.39 is 0 Å². The highest BCUT2D eigenvalue weighted by Crippen LogP contribution is 2.51. The summed E-state index contributed by atoms with van der Waals surface area (Å²) in [6.45, 7) is 13.7. The summed E-state index contributed by atoms with van der Waals surface area (Å²) >= 11 is 1.86. The Morgan fingerprint density at radius 1 is 0.395 bits per heavy atom. The van der Waals surface area contributed by atoms with Crippen LogP contribution >= 0.6 is 11.3 Å². The molecular formula is C79H59BN4OS. The van der Waals surface area contributed by atoms with Crippen LogP contribution in [-0.2, 0) is 10.8 Å². The summed E-state index contributed by atoms with van der Waals surface area (Å²) in [5.41, 5.74) is 21.1. The van der Waals surface area contributed by atoms with Crippen LogP contribution in [0.2, 0.25) is 0 Å². The lowest BCUT2D eigenvalue weighted by atomic mass is 9.33. The van der Waals surface area contributed by atoms with E-state index in [-0.39, 0.29) is 17.5 Å². The standard InChI is InChI=1S/C79H59BN4OS/c1-78(2,3)51-37-39-71-63(41-51)80-62-40-50(36-38-68(62)84(70-42-52(79(4,5)6)43-72(85-71)76(70)80)77-54(48-22-9-7-10-23-48)30-21-31-55(77)49-24-11-8-12-25-49)64-44-53(82-65-32-17-13-26-56(65)57-27-14-18-33-66(57)82)45-75(81-64)83-67-34-19-15-28-58(67)60-47-74-61(46-69(60)83)59-29-16-20-35-73(59)86-74/h7-47H,1-6H3. The first kappa shape index (κ1) is 50.6. The van der Waals surface area contributed by atoms with Gasteiger partial charge in [0.05, 0.1) is 39.1 Å². The number of aromatic nitrogens is 3. The Morgan fingerprint density at radius 3 is 1.66 bits per heavy atom. The maximum atomic E-state index is 7.33. The molecular weight excluding hydrogens is 1060 g/mol. The number of hydrogen-bond acceptors (Lipinski definition) is 4. The molecule has 0 amide bonds. The molecule has 0 fully saturated rings. The lowest BCUT2D eigenvalue weighted by molar-refractivity contribution is 0.482. The van der Waals surface area contributed by atoms with Crippen LogP contribution < -0.4 is 26.0 Å².